The Bertz CT molecular complexity index is 1420. The van der Waals surface area contributed by atoms with E-state index in [9.17, 15) is 19.8 Å². The number of H-pyrrole nitrogens is 1. The minimum absolute atomic E-state index is 0.0277. The van der Waals surface area contributed by atoms with Gasteiger partial charge in [-0.25, -0.2) is 4.79 Å². The number of carbonyl (C=O) groups is 2. The molecule has 8 nitrogen and oxygen atoms in total. The van der Waals surface area contributed by atoms with Gasteiger partial charge in [-0.2, -0.15) is 0 Å². The number of nitrogens with two attached hydrogens (primary N) is 1. The summed E-state index contributed by atoms with van der Waals surface area (Å²) in [6.07, 6.45) is 1.77. The van der Waals surface area contributed by atoms with Crippen molar-refractivity contribution in [2.45, 2.75) is 31.3 Å². The maximum absolute atomic E-state index is 13.9. The first kappa shape index (κ1) is 24.5. The predicted octanol–water partition coefficient (Wildman–Crippen LogP) is 3.95. The fraction of sp³-hybridized carbons (Fsp3) is 0.241. The zero-order valence-electron chi connectivity index (χ0n) is 20.4. The average molecular weight is 499 g/mol. The number of rotatable bonds is 8. The van der Waals surface area contributed by atoms with Gasteiger partial charge >= 0.3 is 5.97 Å². The van der Waals surface area contributed by atoms with Crippen LogP contribution in [0.3, 0.4) is 0 Å². The third kappa shape index (κ3) is 4.94. The van der Waals surface area contributed by atoms with Crippen LogP contribution in [0, 0.1) is 0 Å². The van der Waals surface area contributed by atoms with Crippen molar-refractivity contribution in [1.82, 2.24) is 10.3 Å². The van der Waals surface area contributed by atoms with Crippen LogP contribution >= 0.6 is 0 Å². The quantitative estimate of drug-likeness (QED) is 0.250. The average Bonchev–Trinajstić information content (AvgIpc) is 3.31. The lowest BCUT2D eigenvalue weighted by molar-refractivity contribution is -0.120. The molecule has 0 saturated heterocycles. The van der Waals surface area contributed by atoms with Crippen LogP contribution in [0.15, 0.2) is 72.8 Å². The highest BCUT2D eigenvalue weighted by Gasteiger charge is 2.37. The molecule has 3 aromatic carbocycles. The number of nitrogens with one attached hydrogen (secondary N) is 2. The van der Waals surface area contributed by atoms with Crippen LogP contribution in [0.2, 0.25) is 0 Å². The third-order valence-corrected chi connectivity index (χ3v) is 6.96. The van der Waals surface area contributed by atoms with Crippen LogP contribution < -0.4 is 16.0 Å². The van der Waals surface area contributed by atoms with Crippen molar-refractivity contribution in [3.63, 3.8) is 0 Å². The van der Waals surface area contributed by atoms with Crippen LogP contribution in [-0.4, -0.2) is 46.2 Å². The van der Waals surface area contributed by atoms with Gasteiger partial charge in [-0.1, -0.05) is 54.6 Å². The molecule has 1 aliphatic heterocycles. The molecule has 190 valence electrons. The first-order chi connectivity index (χ1) is 18.0. The van der Waals surface area contributed by atoms with E-state index in [2.05, 4.69) is 10.3 Å². The molecule has 1 aliphatic rings. The standard InChI is InChI=1S/C29H30N4O4/c30-15-4-9-23-28(35)33(16-14-18-10-12-20(34)13-11-18)25-17-24(29(36)37)32-27(25)26(31-23)22-8-3-6-19-5-1-2-7-21(19)22/h1-3,5-8,10-13,17,23,26,31-32,34H,4,9,14-16,30H2,(H,36,37)/t23-,26-/m0/s1. The number of hydrogen-bond acceptors (Lipinski definition) is 5. The summed E-state index contributed by atoms with van der Waals surface area (Å²) in [6.45, 7) is 0.822. The second-order valence-corrected chi connectivity index (χ2v) is 9.34. The van der Waals surface area contributed by atoms with Gasteiger partial charge in [0.2, 0.25) is 5.91 Å². The number of aromatic nitrogens is 1. The summed E-state index contributed by atoms with van der Waals surface area (Å²) in [7, 11) is 0. The molecule has 2 heterocycles. The molecule has 6 N–H and O–H groups in total. The highest BCUT2D eigenvalue weighted by Crippen LogP contribution is 2.38. The maximum atomic E-state index is 13.9. The van der Waals surface area contributed by atoms with Crippen molar-refractivity contribution in [2.75, 3.05) is 18.0 Å². The fourth-order valence-electron chi connectivity index (χ4n) is 5.09. The molecule has 4 aromatic rings. The van der Waals surface area contributed by atoms with Crippen molar-refractivity contribution < 1.29 is 19.8 Å². The van der Waals surface area contributed by atoms with Crippen molar-refractivity contribution in [2.24, 2.45) is 5.73 Å². The normalized spacial score (nSPS) is 17.5. The summed E-state index contributed by atoms with van der Waals surface area (Å²) in [5.74, 6) is -1.03. The van der Waals surface area contributed by atoms with Gasteiger partial charge in [-0.05, 0) is 65.9 Å². The first-order valence-electron chi connectivity index (χ1n) is 12.5. The number of carboxylic acid groups (broad SMARTS) is 1. The number of phenols is 1. The molecule has 0 fully saturated rings. The van der Waals surface area contributed by atoms with Crippen molar-refractivity contribution in [3.05, 3.63) is 95.3 Å². The Labute approximate surface area is 214 Å². The zero-order valence-corrected chi connectivity index (χ0v) is 20.4. The lowest BCUT2D eigenvalue weighted by Crippen LogP contribution is -2.46. The molecule has 0 spiro atoms. The first-order valence-corrected chi connectivity index (χ1v) is 12.5. The van der Waals surface area contributed by atoms with E-state index in [0.29, 0.717) is 43.7 Å². The highest BCUT2D eigenvalue weighted by atomic mass is 16.4. The van der Waals surface area contributed by atoms with Gasteiger partial charge in [-0.15, -0.1) is 0 Å². The Hall–Kier alpha value is -4.14. The smallest absolute Gasteiger partial charge is 0.352 e. The Morgan fingerprint density at radius 2 is 1.78 bits per heavy atom. The van der Waals surface area contributed by atoms with E-state index in [1.54, 1.807) is 23.1 Å². The van der Waals surface area contributed by atoms with E-state index in [1.807, 2.05) is 54.6 Å². The monoisotopic (exact) mass is 498 g/mol. The molecule has 0 bridgehead atoms. The largest absolute Gasteiger partial charge is 0.508 e. The summed E-state index contributed by atoms with van der Waals surface area (Å²) >= 11 is 0. The Balaban J connectivity index is 1.62. The molecule has 1 amide bonds. The van der Waals surface area contributed by atoms with Crippen LogP contribution in [0.5, 0.6) is 5.75 Å². The highest BCUT2D eigenvalue weighted by molar-refractivity contribution is 6.01. The van der Waals surface area contributed by atoms with Gasteiger partial charge in [0.25, 0.3) is 0 Å². The van der Waals surface area contributed by atoms with Crippen molar-refractivity contribution in [1.29, 1.82) is 0 Å². The lowest BCUT2D eigenvalue weighted by atomic mass is 9.95. The number of benzene rings is 3. The number of carbonyl (C=O) groups excluding carboxylic acids is 1. The van der Waals surface area contributed by atoms with E-state index in [1.165, 1.54) is 0 Å². The molecule has 5 rings (SSSR count). The molecule has 2 atom stereocenters. The van der Waals surface area contributed by atoms with Crippen LogP contribution in [0.4, 0.5) is 5.69 Å². The van der Waals surface area contributed by atoms with Crippen molar-refractivity contribution in [3.8, 4) is 5.75 Å². The van der Waals surface area contributed by atoms with Gasteiger partial charge in [0.15, 0.2) is 0 Å². The molecule has 37 heavy (non-hydrogen) atoms. The predicted molar refractivity (Wildman–Crippen MR) is 143 cm³/mol. The summed E-state index contributed by atoms with van der Waals surface area (Å²) in [6, 6.07) is 21.6. The topological polar surface area (TPSA) is 132 Å². The van der Waals surface area contributed by atoms with E-state index in [4.69, 9.17) is 5.73 Å². The van der Waals surface area contributed by atoms with E-state index < -0.39 is 18.1 Å². The van der Waals surface area contributed by atoms with E-state index in [-0.39, 0.29) is 17.4 Å². The number of fused-ring (bicyclic) bond motifs is 2. The molecular formula is C29H30N4O4. The number of aromatic amines is 1. The van der Waals surface area contributed by atoms with Crippen LogP contribution in [-0.2, 0) is 11.2 Å². The molecular weight excluding hydrogens is 468 g/mol. The van der Waals surface area contributed by atoms with Crippen LogP contribution in [0.1, 0.15) is 46.2 Å². The lowest BCUT2D eigenvalue weighted by Gasteiger charge is -2.25. The molecule has 8 heteroatoms. The summed E-state index contributed by atoms with van der Waals surface area (Å²) in [5, 5.41) is 25.1. The molecule has 0 saturated carbocycles. The number of phenolic OH excluding ortho intramolecular Hbond substituents is 1. The fourth-order valence-corrected chi connectivity index (χ4v) is 5.09. The number of hydrogen-bond donors (Lipinski definition) is 5. The molecule has 1 aromatic heterocycles. The Morgan fingerprint density at radius 1 is 1.03 bits per heavy atom. The van der Waals surface area contributed by atoms with Gasteiger partial charge in [0.05, 0.1) is 23.5 Å². The minimum Gasteiger partial charge on any atom is -0.508 e. The molecule has 0 aliphatic carbocycles. The molecule has 0 radical (unpaired) electrons. The third-order valence-electron chi connectivity index (χ3n) is 6.96. The number of amides is 1. The number of carboxylic acids is 1. The minimum atomic E-state index is -1.09. The summed E-state index contributed by atoms with van der Waals surface area (Å²) in [4.78, 5) is 30.7. The SMILES string of the molecule is NCCC[C@@H]1N[C@@H](c2cccc3ccccc23)c2[nH]c(C(=O)O)cc2N(CCc2ccc(O)cc2)C1=O. The van der Waals surface area contributed by atoms with Gasteiger partial charge < -0.3 is 25.8 Å². The number of aromatic hydroxyl groups is 1. The zero-order chi connectivity index (χ0) is 25.9. The summed E-state index contributed by atoms with van der Waals surface area (Å²) < 4.78 is 0. The number of anilines is 1. The second kappa shape index (κ2) is 10.5. The van der Waals surface area contributed by atoms with Crippen molar-refractivity contribution >= 4 is 28.3 Å². The van der Waals surface area contributed by atoms with Crippen LogP contribution in [0.25, 0.3) is 10.8 Å². The Morgan fingerprint density at radius 3 is 2.54 bits per heavy atom. The van der Waals surface area contributed by atoms with Gasteiger partial charge in [-0.3, -0.25) is 10.1 Å². The van der Waals surface area contributed by atoms with Gasteiger partial charge in [0.1, 0.15) is 11.4 Å². The second-order valence-electron chi connectivity index (χ2n) is 9.34. The van der Waals surface area contributed by atoms with E-state index in [0.717, 1.165) is 21.9 Å². The molecule has 0 unspecified atom stereocenters. The number of aromatic carboxylic acids is 1. The number of nitrogens with zero attached hydrogens (tertiary/aromatic N) is 1. The summed E-state index contributed by atoms with van der Waals surface area (Å²) in [5.41, 5.74) is 8.95. The maximum Gasteiger partial charge on any atom is 0.352 e. The van der Waals surface area contributed by atoms with E-state index >= 15 is 0 Å². The van der Waals surface area contributed by atoms with Gasteiger partial charge in [0, 0.05) is 6.54 Å². The Kier molecular flexibility index (Phi) is 6.94.